The quantitative estimate of drug-likeness (QED) is 0.322. The maximum absolute atomic E-state index is 12.2. The summed E-state index contributed by atoms with van der Waals surface area (Å²) in [5.41, 5.74) is 15.7. The van der Waals surface area contributed by atoms with Crippen molar-refractivity contribution >= 4 is 23.6 Å². The van der Waals surface area contributed by atoms with E-state index in [0.717, 1.165) is 0 Å². The van der Waals surface area contributed by atoms with Crippen LogP contribution in [0.25, 0.3) is 0 Å². The van der Waals surface area contributed by atoms with Crippen molar-refractivity contribution in [1.29, 1.82) is 0 Å². The third kappa shape index (κ3) is 6.53. The summed E-state index contributed by atoms with van der Waals surface area (Å²) in [6.45, 7) is 5.02. The molecule has 0 heterocycles. The molecule has 0 aromatic rings. The van der Waals surface area contributed by atoms with Gasteiger partial charge in [-0.25, -0.2) is 0 Å². The molecule has 0 rings (SSSR count). The van der Waals surface area contributed by atoms with Crippen LogP contribution in [-0.2, 0) is 19.2 Å². The Morgan fingerprint density at radius 2 is 1.55 bits per heavy atom. The van der Waals surface area contributed by atoms with E-state index in [4.69, 9.17) is 17.2 Å². The fraction of sp³-hybridized carbons (Fsp3) is 0.692. The molecule has 0 aliphatic carbocycles. The molecule has 4 amide bonds. The van der Waals surface area contributed by atoms with Gasteiger partial charge in [-0.2, -0.15) is 0 Å². The summed E-state index contributed by atoms with van der Waals surface area (Å²) in [6.07, 6.45) is 0.205. The SMILES string of the molecule is CC[C@H](C)[C@H](NC(=O)[C@H](CC(N)=O)NC(=O)[C@H](C)N)C(N)=O. The zero-order chi connectivity index (χ0) is 17.4. The lowest BCUT2D eigenvalue weighted by Gasteiger charge is -2.24. The van der Waals surface area contributed by atoms with Gasteiger partial charge in [0.15, 0.2) is 0 Å². The number of carbonyl (C=O) groups is 4. The van der Waals surface area contributed by atoms with Gasteiger partial charge < -0.3 is 27.8 Å². The van der Waals surface area contributed by atoms with Crippen molar-refractivity contribution in [3.63, 3.8) is 0 Å². The Hall–Kier alpha value is -2.16. The number of hydrogen-bond acceptors (Lipinski definition) is 5. The van der Waals surface area contributed by atoms with E-state index in [2.05, 4.69) is 10.6 Å². The molecule has 0 aromatic heterocycles. The van der Waals surface area contributed by atoms with Crippen LogP contribution in [0.5, 0.6) is 0 Å². The summed E-state index contributed by atoms with van der Waals surface area (Å²) in [6, 6.07) is -2.97. The number of nitrogens with one attached hydrogen (secondary N) is 2. The van der Waals surface area contributed by atoms with Crippen LogP contribution in [0.3, 0.4) is 0 Å². The molecule has 0 bridgehead atoms. The minimum Gasteiger partial charge on any atom is -0.370 e. The third-order valence-corrected chi connectivity index (χ3v) is 3.27. The maximum Gasteiger partial charge on any atom is 0.243 e. The smallest absolute Gasteiger partial charge is 0.243 e. The molecular weight excluding hydrogens is 290 g/mol. The third-order valence-electron chi connectivity index (χ3n) is 3.27. The van der Waals surface area contributed by atoms with Gasteiger partial charge in [0.1, 0.15) is 12.1 Å². The van der Waals surface area contributed by atoms with Crippen LogP contribution >= 0.6 is 0 Å². The van der Waals surface area contributed by atoms with E-state index in [1.54, 1.807) is 6.92 Å². The van der Waals surface area contributed by atoms with Gasteiger partial charge in [-0.1, -0.05) is 20.3 Å². The number of carbonyl (C=O) groups excluding carboxylic acids is 4. The predicted molar refractivity (Wildman–Crippen MR) is 80.0 cm³/mol. The first-order valence-electron chi connectivity index (χ1n) is 7.04. The highest BCUT2D eigenvalue weighted by atomic mass is 16.2. The Labute approximate surface area is 129 Å². The van der Waals surface area contributed by atoms with E-state index in [9.17, 15) is 19.2 Å². The first-order chi connectivity index (χ1) is 10.1. The van der Waals surface area contributed by atoms with Gasteiger partial charge in [0.05, 0.1) is 12.5 Å². The Morgan fingerprint density at radius 3 is 1.91 bits per heavy atom. The number of primary amides is 2. The van der Waals surface area contributed by atoms with E-state index in [0.29, 0.717) is 6.42 Å². The second kappa shape index (κ2) is 8.98. The molecule has 0 aromatic carbocycles. The Kier molecular flexibility index (Phi) is 8.10. The first kappa shape index (κ1) is 19.8. The van der Waals surface area contributed by atoms with Crippen LogP contribution < -0.4 is 27.8 Å². The molecule has 126 valence electrons. The second-order valence-electron chi connectivity index (χ2n) is 5.29. The molecule has 0 spiro atoms. The van der Waals surface area contributed by atoms with Gasteiger partial charge in [0.2, 0.25) is 23.6 Å². The van der Waals surface area contributed by atoms with Gasteiger partial charge >= 0.3 is 0 Å². The maximum atomic E-state index is 12.2. The van der Waals surface area contributed by atoms with Crippen LogP contribution in [-0.4, -0.2) is 41.8 Å². The summed E-state index contributed by atoms with van der Waals surface area (Å²) in [7, 11) is 0. The lowest BCUT2D eigenvalue weighted by atomic mass is 9.98. The standard InChI is InChI=1S/C13H25N5O4/c1-4-6(2)10(11(16)20)18-13(22)8(5-9(15)19)17-12(21)7(3)14/h6-8,10H,4-5,14H2,1-3H3,(H2,15,19)(H2,16,20)(H,17,21)(H,18,22)/t6-,7-,8-,10-/m0/s1. The second-order valence-corrected chi connectivity index (χ2v) is 5.29. The van der Waals surface area contributed by atoms with Crippen LogP contribution in [0.2, 0.25) is 0 Å². The van der Waals surface area contributed by atoms with E-state index in [1.165, 1.54) is 6.92 Å². The van der Waals surface area contributed by atoms with Crippen LogP contribution in [0.1, 0.15) is 33.6 Å². The zero-order valence-electron chi connectivity index (χ0n) is 13.1. The number of rotatable bonds is 9. The highest BCUT2D eigenvalue weighted by Gasteiger charge is 2.29. The number of nitrogens with two attached hydrogens (primary N) is 3. The van der Waals surface area contributed by atoms with E-state index >= 15 is 0 Å². The largest absolute Gasteiger partial charge is 0.370 e. The highest BCUT2D eigenvalue weighted by molar-refractivity contribution is 5.95. The predicted octanol–water partition coefficient (Wildman–Crippen LogP) is -2.29. The molecule has 0 radical (unpaired) electrons. The monoisotopic (exact) mass is 315 g/mol. The summed E-state index contributed by atoms with van der Waals surface area (Å²) in [4.78, 5) is 46.2. The van der Waals surface area contributed by atoms with Crippen molar-refractivity contribution in [2.24, 2.45) is 23.1 Å². The molecular formula is C13H25N5O4. The Bertz CT molecular complexity index is 438. The molecule has 0 aliphatic rings. The highest BCUT2D eigenvalue weighted by Crippen LogP contribution is 2.08. The Balaban J connectivity index is 5.05. The lowest BCUT2D eigenvalue weighted by molar-refractivity contribution is -0.133. The molecule has 9 nitrogen and oxygen atoms in total. The molecule has 8 N–H and O–H groups in total. The average molecular weight is 315 g/mol. The van der Waals surface area contributed by atoms with Gasteiger partial charge in [0, 0.05) is 0 Å². The molecule has 0 unspecified atom stereocenters. The van der Waals surface area contributed by atoms with Crippen molar-refractivity contribution in [2.75, 3.05) is 0 Å². The van der Waals surface area contributed by atoms with E-state index in [-0.39, 0.29) is 5.92 Å². The number of hydrogen-bond donors (Lipinski definition) is 5. The molecule has 22 heavy (non-hydrogen) atoms. The summed E-state index contributed by atoms with van der Waals surface area (Å²) < 4.78 is 0. The average Bonchev–Trinajstić information content (AvgIpc) is 2.41. The molecule has 0 aliphatic heterocycles. The fourth-order valence-corrected chi connectivity index (χ4v) is 1.70. The molecule has 0 saturated heterocycles. The molecule has 0 fully saturated rings. The van der Waals surface area contributed by atoms with Crippen molar-refractivity contribution in [3.05, 3.63) is 0 Å². The number of amides is 4. The van der Waals surface area contributed by atoms with Crippen LogP contribution in [0.15, 0.2) is 0 Å². The normalized spacial score (nSPS) is 16.0. The van der Waals surface area contributed by atoms with Crippen molar-refractivity contribution < 1.29 is 19.2 Å². The minimum absolute atomic E-state index is 0.195. The van der Waals surface area contributed by atoms with Crippen LogP contribution in [0.4, 0.5) is 0 Å². The van der Waals surface area contributed by atoms with E-state index in [1.807, 2.05) is 6.92 Å². The minimum atomic E-state index is -1.21. The topological polar surface area (TPSA) is 170 Å². The lowest BCUT2D eigenvalue weighted by Crippen LogP contribution is -2.57. The van der Waals surface area contributed by atoms with Crippen molar-refractivity contribution in [2.45, 2.75) is 51.7 Å². The van der Waals surface area contributed by atoms with E-state index < -0.39 is 48.2 Å². The Morgan fingerprint density at radius 1 is 1.00 bits per heavy atom. The molecule has 9 heteroatoms. The van der Waals surface area contributed by atoms with Gasteiger partial charge in [-0.05, 0) is 12.8 Å². The summed E-state index contributed by atoms with van der Waals surface area (Å²) in [5.74, 6) is -2.99. The molecule has 4 atom stereocenters. The van der Waals surface area contributed by atoms with Gasteiger partial charge in [0.25, 0.3) is 0 Å². The van der Waals surface area contributed by atoms with Crippen molar-refractivity contribution in [1.82, 2.24) is 10.6 Å². The van der Waals surface area contributed by atoms with Gasteiger partial charge in [-0.15, -0.1) is 0 Å². The first-order valence-corrected chi connectivity index (χ1v) is 7.04. The zero-order valence-corrected chi connectivity index (χ0v) is 13.1. The molecule has 0 saturated carbocycles. The van der Waals surface area contributed by atoms with Crippen LogP contribution in [0, 0.1) is 5.92 Å². The fourth-order valence-electron chi connectivity index (χ4n) is 1.70. The summed E-state index contributed by atoms with van der Waals surface area (Å²) >= 11 is 0. The summed E-state index contributed by atoms with van der Waals surface area (Å²) in [5, 5.41) is 4.76. The van der Waals surface area contributed by atoms with Gasteiger partial charge in [-0.3, -0.25) is 19.2 Å². The van der Waals surface area contributed by atoms with Crippen molar-refractivity contribution in [3.8, 4) is 0 Å².